The van der Waals surface area contributed by atoms with Gasteiger partial charge in [0.25, 0.3) is 0 Å². The van der Waals surface area contributed by atoms with E-state index in [0.29, 0.717) is 23.7 Å². The Bertz CT molecular complexity index is 697. The van der Waals surface area contributed by atoms with Gasteiger partial charge in [0, 0.05) is 19.3 Å². The van der Waals surface area contributed by atoms with Crippen molar-refractivity contribution < 1.29 is 8.42 Å². The standard InChI is InChI=1S/C15H18N2O2S/c1-20(18,19)15-8-3-2-7-14(15)17-11-13-6-4-5-12(9-13)10-16/h2-9,17H,10-11,16H2,1H3. The van der Waals surface area contributed by atoms with Crippen LogP contribution >= 0.6 is 0 Å². The van der Waals surface area contributed by atoms with Gasteiger partial charge in [-0.05, 0) is 23.3 Å². The summed E-state index contributed by atoms with van der Waals surface area (Å²) in [5.74, 6) is 0. The fourth-order valence-corrected chi connectivity index (χ4v) is 2.87. The van der Waals surface area contributed by atoms with Gasteiger partial charge in [0.05, 0.1) is 10.6 Å². The van der Waals surface area contributed by atoms with Crippen LogP contribution < -0.4 is 11.1 Å². The maximum atomic E-state index is 11.7. The summed E-state index contributed by atoms with van der Waals surface area (Å²) in [5, 5.41) is 3.17. The third-order valence-electron chi connectivity index (χ3n) is 3.00. The predicted molar refractivity (Wildman–Crippen MR) is 81.2 cm³/mol. The van der Waals surface area contributed by atoms with Gasteiger partial charge in [0.2, 0.25) is 0 Å². The van der Waals surface area contributed by atoms with Gasteiger partial charge in [-0.25, -0.2) is 8.42 Å². The molecule has 0 aliphatic heterocycles. The third kappa shape index (κ3) is 3.59. The third-order valence-corrected chi connectivity index (χ3v) is 4.15. The molecule has 20 heavy (non-hydrogen) atoms. The smallest absolute Gasteiger partial charge is 0.177 e. The zero-order valence-corrected chi connectivity index (χ0v) is 12.2. The Kier molecular flexibility index (Phi) is 4.42. The molecule has 0 bridgehead atoms. The second-order valence-electron chi connectivity index (χ2n) is 4.65. The number of nitrogens with two attached hydrogens (primary N) is 1. The monoisotopic (exact) mass is 290 g/mol. The quantitative estimate of drug-likeness (QED) is 0.885. The maximum Gasteiger partial charge on any atom is 0.177 e. The van der Waals surface area contributed by atoms with E-state index in [1.165, 1.54) is 6.26 Å². The van der Waals surface area contributed by atoms with Crippen LogP contribution in [0.3, 0.4) is 0 Å². The molecule has 0 aromatic heterocycles. The van der Waals surface area contributed by atoms with E-state index in [4.69, 9.17) is 5.73 Å². The van der Waals surface area contributed by atoms with Crippen LogP contribution in [-0.2, 0) is 22.9 Å². The average molecular weight is 290 g/mol. The van der Waals surface area contributed by atoms with Crippen molar-refractivity contribution in [2.45, 2.75) is 18.0 Å². The Morgan fingerprint density at radius 1 is 1.05 bits per heavy atom. The number of hydrogen-bond acceptors (Lipinski definition) is 4. The summed E-state index contributed by atoms with van der Waals surface area (Å²) >= 11 is 0. The van der Waals surface area contributed by atoms with Crippen molar-refractivity contribution in [3.8, 4) is 0 Å². The van der Waals surface area contributed by atoms with Gasteiger partial charge < -0.3 is 11.1 Å². The number of para-hydroxylation sites is 1. The second-order valence-corrected chi connectivity index (χ2v) is 6.63. The first-order valence-corrected chi connectivity index (χ1v) is 8.20. The van der Waals surface area contributed by atoms with E-state index in [9.17, 15) is 8.42 Å². The molecule has 0 aliphatic rings. The summed E-state index contributed by atoms with van der Waals surface area (Å²) < 4.78 is 23.4. The molecule has 0 radical (unpaired) electrons. The van der Waals surface area contributed by atoms with Crippen molar-refractivity contribution in [3.05, 3.63) is 59.7 Å². The van der Waals surface area contributed by atoms with Crippen LogP contribution in [0.25, 0.3) is 0 Å². The molecule has 2 rings (SSSR count). The first kappa shape index (κ1) is 14.6. The van der Waals surface area contributed by atoms with Crippen molar-refractivity contribution in [2.24, 2.45) is 5.73 Å². The molecule has 0 atom stereocenters. The van der Waals surface area contributed by atoms with E-state index in [2.05, 4.69) is 5.32 Å². The highest BCUT2D eigenvalue weighted by Crippen LogP contribution is 2.21. The molecule has 0 fully saturated rings. The van der Waals surface area contributed by atoms with Crippen molar-refractivity contribution >= 4 is 15.5 Å². The number of sulfone groups is 1. The zero-order valence-electron chi connectivity index (χ0n) is 11.3. The van der Waals surface area contributed by atoms with E-state index in [-0.39, 0.29) is 0 Å². The maximum absolute atomic E-state index is 11.7. The summed E-state index contributed by atoms with van der Waals surface area (Å²) in [7, 11) is -3.23. The number of anilines is 1. The molecule has 0 amide bonds. The summed E-state index contributed by atoms with van der Waals surface area (Å²) in [5.41, 5.74) is 8.35. The van der Waals surface area contributed by atoms with Gasteiger partial charge in [-0.3, -0.25) is 0 Å². The molecule has 5 heteroatoms. The SMILES string of the molecule is CS(=O)(=O)c1ccccc1NCc1cccc(CN)c1. The van der Waals surface area contributed by atoms with Gasteiger partial charge in [-0.1, -0.05) is 36.4 Å². The Hall–Kier alpha value is -1.85. The lowest BCUT2D eigenvalue weighted by Crippen LogP contribution is -2.06. The Balaban J connectivity index is 2.19. The summed E-state index contributed by atoms with van der Waals surface area (Å²) in [6, 6.07) is 14.8. The largest absolute Gasteiger partial charge is 0.380 e. The molecule has 0 heterocycles. The molecular weight excluding hydrogens is 272 g/mol. The first-order valence-electron chi connectivity index (χ1n) is 6.31. The van der Waals surface area contributed by atoms with Crippen molar-refractivity contribution in [2.75, 3.05) is 11.6 Å². The van der Waals surface area contributed by atoms with Gasteiger partial charge in [-0.15, -0.1) is 0 Å². The lowest BCUT2D eigenvalue weighted by molar-refractivity contribution is 0.602. The summed E-state index contributed by atoms with van der Waals surface area (Å²) in [6.45, 7) is 1.05. The molecule has 0 aliphatic carbocycles. The minimum Gasteiger partial charge on any atom is -0.380 e. The molecular formula is C15H18N2O2S. The van der Waals surface area contributed by atoms with E-state index < -0.39 is 9.84 Å². The van der Waals surface area contributed by atoms with Crippen LogP contribution in [0.2, 0.25) is 0 Å². The van der Waals surface area contributed by atoms with Crippen LogP contribution in [0.5, 0.6) is 0 Å². The first-order chi connectivity index (χ1) is 9.50. The zero-order chi connectivity index (χ0) is 14.6. The highest BCUT2D eigenvalue weighted by Gasteiger charge is 2.11. The van der Waals surface area contributed by atoms with Crippen LogP contribution in [0.4, 0.5) is 5.69 Å². The number of nitrogens with one attached hydrogen (secondary N) is 1. The molecule has 3 N–H and O–H groups in total. The fourth-order valence-electron chi connectivity index (χ4n) is 2.00. The number of benzene rings is 2. The van der Waals surface area contributed by atoms with Gasteiger partial charge in [-0.2, -0.15) is 0 Å². The van der Waals surface area contributed by atoms with Crippen LogP contribution in [0.1, 0.15) is 11.1 Å². The fraction of sp³-hybridized carbons (Fsp3) is 0.200. The average Bonchev–Trinajstić information content (AvgIpc) is 2.44. The van der Waals surface area contributed by atoms with E-state index >= 15 is 0 Å². The van der Waals surface area contributed by atoms with Gasteiger partial charge in [0.1, 0.15) is 0 Å². The second kappa shape index (κ2) is 6.07. The molecule has 0 spiro atoms. The predicted octanol–water partition coefficient (Wildman–Crippen LogP) is 2.16. The normalized spacial score (nSPS) is 11.3. The molecule has 2 aromatic rings. The minimum atomic E-state index is -3.23. The van der Waals surface area contributed by atoms with Crippen molar-refractivity contribution in [1.82, 2.24) is 0 Å². The Morgan fingerprint density at radius 2 is 1.75 bits per heavy atom. The Morgan fingerprint density at radius 3 is 2.45 bits per heavy atom. The highest BCUT2D eigenvalue weighted by molar-refractivity contribution is 7.90. The molecule has 106 valence electrons. The van der Waals surface area contributed by atoms with Crippen LogP contribution in [-0.4, -0.2) is 14.7 Å². The van der Waals surface area contributed by atoms with Gasteiger partial charge >= 0.3 is 0 Å². The Labute approximate surface area is 119 Å². The van der Waals surface area contributed by atoms with Crippen molar-refractivity contribution in [1.29, 1.82) is 0 Å². The minimum absolute atomic E-state index is 0.315. The van der Waals surface area contributed by atoms with Crippen molar-refractivity contribution in [3.63, 3.8) is 0 Å². The topological polar surface area (TPSA) is 72.2 Å². The highest BCUT2D eigenvalue weighted by atomic mass is 32.2. The van der Waals surface area contributed by atoms with E-state index in [0.717, 1.165) is 11.1 Å². The van der Waals surface area contributed by atoms with E-state index in [1.807, 2.05) is 30.3 Å². The van der Waals surface area contributed by atoms with Crippen LogP contribution in [0.15, 0.2) is 53.4 Å². The number of rotatable bonds is 5. The molecule has 0 saturated carbocycles. The van der Waals surface area contributed by atoms with E-state index in [1.54, 1.807) is 18.2 Å². The molecule has 4 nitrogen and oxygen atoms in total. The number of hydrogen-bond donors (Lipinski definition) is 2. The molecule has 2 aromatic carbocycles. The summed E-state index contributed by atoms with van der Waals surface area (Å²) in [4.78, 5) is 0.315. The lowest BCUT2D eigenvalue weighted by Gasteiger charge is -2.11. The molecule has 0 saturated heterocycles. The van der Waals surface area contributed by atoms with Crippen LogP contribution in [0, 0.1) is 0 Å². The molecule has 0 unspecified atom stereocenters. The van der Waals surface area contributed by atoms with Gasteiger partial charge in [0.15, 0.2) is 9.84 Å². The lowest BCUT2D eigenvalue weighted by atomic mass is 10.1. The summed E-state index contributed by atoms with van der Waals surface area (Å²) in [6.07, 6.45) is 1.21.